The molecule has 0 spiro atoms. The van der Waals surface area contributed by atoms with Crippen LogP contribution in [-0.4, -0.2) is 46.1 Å². The number of carbonyl (C=O) groups excluding carboxylic acids is 1. The average Bonchev–Trinajstić information content (AvgIpc) is 3.12. The second kappa shape index (κ2) is 3.98. The summed E-state index contributed by atoms with van der Waals surface area (Å²) in [6, 6.07) is 2.18. The van der Waals surface area contributed by atoms with Crippen molar-refractivity contribution in [3.8, 4) is 0 Å². The van der Waals surface area contributed by atoms with Gasteiger partial charge in [-0.1, -0.05) is 0 Å². The number of nitrogens with zero attached hydrogens (tertiary/aromatic N) is 3. The van der Waals surface area contributed by atoms with Gasteiger partial charge in [0, 0.05) is 17.6 Å². The number of aryl methyl sites for hydroxylation is 1. The molecule has 0 aliphatic carbocycles. The first-order valence-corrected chi connectivity index (χ1v) is 7.18. The standard InChI is InChI=1S/C13H13N3O2S/c1-7-10-3-11(19-12(10)15-6-14-7)13(17)16-4-9-2-8(16)5-18-9/h3,6,8-9H,2,4-5H2,1H3/t8-,9-/m1/s1. The van der Waals surface area contributed by atoms with Crippen molar-refractivity contribution in [2.24, 2.45) is 0 Å². The summed E-state index contributed by atoms with van der Waals surface area (Å²) in [5.41, 5.74) is 0.923. The van der Waals surface area contributed by atoms with Gasteiger partial charge in [-0.15, -0.1) is 11.3 Å². The monoisotopic (exact) mass is 275 g/mol. The van der Waals surface area contributed by atoms with E-state index in [9.17, 15) is 4.79 Å². The molecular formula is C13H13N3O2S. The molecule has 1 amide bonds. The predicted molar refractivity (Wildman–Crippen MR) is 71.3 cm³/mol. The largest absolute Gasteiger partial charge is 0.374 e. The molecule has 2 aromatic heterocycles. The second-order valence-corrected chi connectivity index (χ2v) is 6.12. The fraction of sp³-hybridized carbons (Fsp3) is 0.462. The molecule has 2 saturated heterocycles. The van der Waals surface area contributed by atoms with Crippen molar-refractivity contribution in [1.29, 1.82) is 0 Å². The van der Waals surface area contributed by atoms with Crippen LogP contribution in [0.2, 0.25) is 0 Å². The van der Waals surface area contributed by atoms with Crippen LogP contribution in [0, 0.1) is 6.92 Å². The third kappa shape index (κ3) is 1.67. The highest BCUT2D eigenvalue weighted by atomic mass is 32.1. The normalized spacial score (nSPS) is 25.4. The molecule has 2 aliphatic rings. The molecule has 2 atom stereocenters. The van der Waals surface area contributed by atoms with E-state index >= 15 is 0 Å². The zero-order valence-electron chi connectivity index (χ0n) is 10.5. The van der Waals surface area contributed by atoms with Gasteiger partial charge in [0.1, 0.15) is 11.2 Å². The number of fused-ring (bicyclic) bond motifs is 3. The van der Waals surface area contributed by atoms with E-state index in [2.05, 4.69) is 9.97 Å². The Labute approximate surface area is 114 Å². The number of amides is 1. The quantitative estimate of drug-likeness (QED) is 0.793. The Morgan fingerprint density at radius 3 is 3.11 bits per heavy atom. The molecule has 4 heterocycles. The van der Waals surface area contributed by atoms with Crippen LogP contribution in [0.4, 0.5) is 0 Å². The summed E-state index contributed by atoms with van der Waals surface area (Å²) in [4.78, 5) is 24.5. The van der Waals surface area contributed by atoms with Crippen molar-refractivity contribution in [1.82, 2.24) is 14.9 Å². The number of likely N-dealkylation sites (tertiary alicyclic amines) is 1. The van der Waals surface area contributed by atoms with Gasteiger partial charge in [-0.2, -0.15) is 0 Å². The Kier molecular flexibility index (Phi) is 2.37. The minimum absolute atomic E-state index is 0.109. The van der Waals surface area contributed by atoms with Crippen LogP contribution in [0.25, 0.3) is 10.2 Å². The maximum atomic E-state index is 12.6. The lowest BCUT2D eigenvalue weighted by Crippen LogP contribution is -2.41. The third-order valence-electron chi connectivity index (χ3n) is 3.90. The van der Waals surface area contributed by atoms with Crippen molar-refractivity contribution in [2.75, 3.05) is 13.2 Å². The average molecular weight is 275 g/mol. The summed E-state index contributed by atoms with van der Waals surface area (Å²) < 4.78 is 5.53. The van der Waals surface area contributed by atoms with Gasteiger partial charge >= 0.3 is 0 Å². The number of carbonyl (C=O) groups is 1. The summed E-state index contributed by atoms with van der Waals surface area (Å²) in [5, 5.41) is 0.983. The Hall–Kier alpha value is -1.53. The van der Waals surface area contributed by atoms with Gasteiger partial charge < -0.3 is 9.64 Å². The first-order valence-electron chi connectivity index (χ1n) is 6.36. The Morgan fingerprint density at radius 2 is 2.42 bits per heavy atom. The van der Waals surface area contributed by atoms with Crippen LogP contribution in [0.3, 0.4) is 0 Å². The maximum Gasteiger partial charge on any atom is 0.264 e. The first kappa shape index (κ1) is 11.3. The van der Waals surface area contributed by atoms with Crippen molar-refractivity contribution >= 4 is 27.5 Å². The molecule has 0 aromatic carbocycles. The lowest BCUT2D eigenvalue weighted by atomic mass is 10.2. The van der Waals surface area contributed by atoms with Crippen LogP contribution >= 0.6 is 11.3 Å². The summed E-state index contributed by atoms with van der Waals surface area (Å²) in [6.45, 7) is 3.35. The summed E-state index contributed by atoms with van der Waals surface area (Å²) in [7, 11) is 0. The number of aromatic nitrogens is 2. The molecule has 0 saturated carbocycles. The SMILES string of the molecule is Cc1ncnc2sc(C(=O)N3C[C@H]4C[C@@H]3CO4)cc12. The van der Waals surface area contributed by atoms with E-state index in [1.165, 1.54) is 11.3 Å². The van der Waals surface area contributed by atoms with E-state index in [0.717, 1.165) is 33.8 Å². The molecule has 2 bridgehead atoms. The molecule has 98 valence electrons. The van der Waals surface area contributed by atoms with E-state index in [4.69, 9.17) is 4.74 Å². The van der Waals surface area contributed by atoms with Gasteiger partial charge in [0.25, 0.3) is 5.91 Å². The van der Waals surface area contributed by atoms with Gasteiger partial charge in [0.15, 0.2) is 0 Å². The molecule has 19 heavy (non-hydrogen) atoms. The van der Waals surface area contributed by atoms with E-state index in [-0.39, 0.29) is 18.1 Å². The lowest BCUT2D eigenvalue weighted by molar-refractivity contribution is 0.0262. The first-order chi connectivity index (χ1) is 9.22. The zero-order chi connectivity index (χ0) is 13.0. The number of hydrogen-bond acceptors (Lipinski definition) is 5. The number of thiophene rings is 1. The highest BCUT2D eigenvalue weighted by molar-refractivity contribution is 7.20. The summed E-state index contributed by atoms with van der Waals surface area (Å²) in [5.74, 6) is 0.109. The molecule has 2 aliphatic heterocycles. The van der Waals surface area contributed by atoms with Crippen molar-refractivity contribution in [3.05, 3.63) is 23.0 Å². The summed E-state index contributed by atoms with van der Waals surface area (Å²) >= 11 is 1.45. The van der Waals surface area contributed by atoms with Gasteiger partial charge in [0.2, 0.25) is 0 Å². The van der Waals surface area contributed by atoms with Crippen molar-refractivity contribution < 1.29 is 9.53 Å². The molecule has 6 heteroatoms. The maximum absolute atomic E-state index is 12.6. The zero-order valence-corrected chi connectivity index (χ0v) is 11.3. The van der Waals surface area contributed by atoms with E-state index < -0.39 is 0 Å². The van der Waals surface area contributed by atoms with Gasteiger partial charge in [-0.05, 0) is 19.4 Å². The number of morpholine rings is 1. The van der Waals surface area contributed by atoms with Crippen LogP contribution in [0.1, 0.15) is 21.8 Å². The molecule has 0 N–H and O–H groups in total. The summed E-state index contributed by atoms with van der Waals surface area (Å²) in [6.07, 6.45) is 2.77. The Morgan fingerprint density at radius 1 is 1.53 bits per heavy atom. The van der Waals surface area contributed by atoms with Crippen molar-refractivity contribution in [3.63, 3.8) is 0 Å². The molecule has 2 aromatic rings. The van der Waals surface area contributed by atoms with Crippen LogP contribution in [-0.2, 0) is 4.74 Å². The topological polar surface area (TPSA) is 55.3 Å². The second-order valence-electron chi connectivity index (χ2n) is 5.09. The number of rotatable bonds is 1. The molecule has 0 unspecified atom stereocenters. The fourth-order valence-corrected chi connectivity index (χ4v) is 3.88. The van der Waals surface area contributed by atoms with Crippen molar-refractivity contribution in [2.45, 2.75) is 25.5 Å². The molecule has 0 radical (unpaired) electrons. The minimum atomic E-state index is 0.109. The van der Waals surface area contributed by atoms with E-state index in [0.29, 0.717) is 6.61 Å². The number of ether oxygens (including phenoxy) is 1. The third-order valence-corrected chi connectivity index (χ3v) is 4.93. The fourth-order valence-electron chi connectivity index (χ4n) is 2.87. The van der Waals surface area contributed by atoms with E-state index in [1.54, 1.807) is 6.33 Å². The molecular weight excluding hydrogens is 262 g/mol. The smallest absolute Gasteiger partial charge is 0.264 e. The Balaban J connectivity index is 1.70. The lowest BCUT2D eigenvalue weighted by Gasteiger charge is -2.26. The molecule has 2 fully saturated rings. The molecule has 5 nitrogen and oxygen atoms in total. The van der Waals surface area contributed by atoms with Crippen LogP contribution < -0.4 is 0 Å². The van der Waals surface area contributed by atoms with Gasteiger partial charge in [0.05, 0.1) is 23.6 Å². The van der Waals surface area contributed by atoms with E-state index in [1.807, 2.05) is 17.9 Å². The number of hydrogen-bond donors (Lipinski definition) is 0. The molecule has 4 rings (SSSR count). The van der Waals surface area contributed by atoms with Crippen LogP contribution in [0.15, 0.2) is 12.4 Å². The van der Waals surface area contributed by atoms with Gasteiger partial charge in [-0.25, -0.2) is 9.97 Å². The highest BCUT2D eigenvalue weighted by Gasteiger charge is 2.42. The Bertz CT molecular complexity index is 669. The predicted octanol–water partition coefficient (Wildman–Crippen LogP) is 1.61. The minimum Gasteiger partial charge on any atom is -0.374 e. The highest BCUT2D eigenvalue weighted by Crippen LogP contribution is 2.32. The van der Waals surface area contributed by atoms with Gasteiger partial charge in [-0.3, -0.25) is 4.79 Å². The van der Waals surface area contributed by atoms with Crippen LogP contribution in [0.5, 0.6) is 0 Å².